The third-order valence-corrected chi connectivity index (χ3v) is 11.9. The van der Waals surface area contributed by atoms with Crippen LogP contribution in [0.1, 0.15) is 122 Å². The molecule has 13 heteroatoms. The van der Waals surface area contributed by atoms with E-state index in [4.69, 9.17) is 6.42 Å². The van der Waals surface area contributed by atoms with Crippen LogP contribution in [0.4, 0.5) is 0 Å². The first-order valence-electron chi connectivity index (χ1n) is 19.6. The van der Waals surface area contributed by atoms with E-state index in [-0.39, 0.29) is 49.4 Å². The summed E-state index contributed by atoms with van der Waals surface area (Å²) in [5.41, 5.74) is -1.11. The van der Waals surface area contributed by atoms with E-state index in [0.717, 1.165) is 51.4 Å². The molecule has 1 aromatic heterocycles. The molecule has 5 amide bonds. The lowest BCUT2D eigenvalue weighted by molar-refractivity contribution is -0.147. The molecule has 13 nitrogen and oxygen atoms in total. The molecular formula is C41H59N7O6. The van der Waals surface area contributed by atoms with E-state index in [1.807, 2.05) is 27.7 Å². The lowest BCUT2D eigenvalue weighted by Crippen LogP contribution is -2.64. The van der Waals surface area contributed by atoms with Crippen molar-refractivity contribution in [1.82, 2.24) is 36.1 Å². The van der Waals surface area contributed by atoms with Crippen molar-refractivity contribution >= 4 is 35.3 Å². The predicted octanol–water partition coefficient (Wildman–Crippen LogP) is 3.64. The molecule has 3 fully saturated rings. The number of ketones is 1. The Kier molecular flexibility index (Phi) is 14.9. The Hall–Kier alpha value is -4.60. The number of hydrogen-bond donors (Lipinski definition) is 4. The highest BCUT2D eigenvalue weighted by molar-refractivity contribution is 6.38. The lowest BCUT2D eigenvalue weighted by atomic mass is 9.68. The smallest absolute Gasteiger partial charge is 0.289 e. The van der Waals surface area contributed by atoms with Crippen LogP contribution < -0.4 is 21.3 Å². The summed E-state index contributed by atoms with van der Waals surface area (Å²) in [4.78, 5) is 93.1. The lowest BCUT2D eigenvalue weighted by Gasteiger charge is -2.45. The van der Waals surface area contributed by atoms with Gasteiger partial charge in [-0.3, -0.25) is 33.8 Å². The number of terminal acetylenes is 1. The molecule has 2 unspecified atom stereocenters. The van der Waals surface area contributed by atoms with Gasteiger partial charge >= 0.3 is 0 Å². The van der Waals surface area contributed by atoms with Gasteiger partial charge in [-0.2, -0.15) is 0 Å². The monoisotopic (exact) mass is 745 g/mol. The first kappa shape index (κ1) is 42.1. The summed E-state index contributed by atoms with van der Waals surface area (Å²) in [5, 5.41) is 11.4. The number of Topliss-reactive ketones (excluding diaryl/α,β-unsaturated/α-hetero) is 1. The normalized spacial score (nSPS) is 22.1. The fourth-order valence-electron chi connectivity index (χ4n) is 8.66. The maximum Gasteiger partial charge on any atom is 0.289 e. The standard InChI is InChI=1S/C41H59N7O6/c1-7-9-16-29(32(49)37(52)44-22-8-2)45-36(51)31-28(27(3)4)17-25-48(31)39(54)34(41(6)20-14-11-15-21-41)47-38(53)33(40(5)18-12-10-13-19-40)46-35(50)30-26-42-23-24-43-30/h1,8,23-24,26-29,31,33-34H,2,9-22,25H2,3-6H3,(H,44,52)(H,45,51)(H,46,50)(H,47,53)/t28?,29?,31-,33+,34+/m0/s1. The van der Waals surface area contributed by atoms with Gasteiger partial charge in [-0.15, -0.1) is 18.9 Å². The second-order valence-electron chi connectivity index (χ2n) is 16.2. The zero-order chi connectivity index (χ0) is 39.5. The van der Waals surface area contributed by atoms with Gasteiger partial charge in [0, 0.05) is 31.9 Å². The van der Waals surface area contributed by atoms with Gasteiger partial charge in [-0.05, 0) is 61.2 Å². The van der Waals surface area contributed by atoms with Crippen LogP contribution in [-0.4, -0.2) is 87.4 Å². The van der Waals surface area contributed by atoms with Crippen molar-refractivity contribution in [2.45, 2.75) is 135 Å². The minimum Gasteiger partial charge on any atom is -0.346 e. The summed E-state index contributed by atoms with van der Waals surface area (Å²) in [6.45, 7) is 11.9. The van der Waals surface area contributed by atoms with Crippen LogP contribution >= 0.6 is 0 Å². The zero-order valence-corrected chi connectivity index (χ0v) is 32.5. The Bertz CT molecular complexity index is 1560. The second kappa shape index (κ2) is 19.1. The molecule has 0 radical (unpaired) electrons. The quantitative estimate of drug-likeness (QED) is 0.113. The number of aromatic nitrogens is 2. The molecule has 4 rings (SSSR count). The second-order valence-corrected chi connectivity index (χ2v) is 16.2. The van der Waals surface area contributed by atoms with Crippen molar-refractivity contribution in [3.63, 3.8) is 0 Å². The van der Waals surface area contributed by atoms with Crippen LogP contribution in [0.5, 0.6) is 0 Å². The molecule has 4 N–H and O–H groups in total. The highest BCUT2D eigenvalue weighted by Gasteiger charge is 2.51. The van der Waals surface area contributed by atoms with Crippen molar-refractivity contribution in [1.29, 1.82) is 0 Å². The molecule has 1 aromatic rings. The highest BCUT2D eigenvalue weighted by atomic mass is 16.2. The third kappa shape index (κ3) is 10.1. The van der Waals surface area contributed by atoms with Gasteiger partial charge in [0.25, 0.3) is 11.8 Å². The molecule has 1 aliphatic heterocycles. The third-order valence-electron chi connectivity index (χ3n) is 11.9. The van der Waals surface area contributed by atoms with Gasteiger partial charge in [-0.1, -0.05) is 72.3 Å². The van der Waals surface area contributed by atoms with Gasteiger partial charge in [0.05, 0.1) is 12.2 Å². The van der Waals surface area contributed by atoms with Crippen LogP contribution in [0, 0.1) is 35.0 Å². The number of nitrogens with zero attached hydrogens (tertiary/aromatic N) is 3. The van der Waals surface area contributed by atoms with E-state index in [1.165, 1.54) is 24.7 Å². The number of likely N-dealkylation sites (tertiary alicyclic amines) is 1. The molecule has 0 aromatic carbocycles. The number of rotatable bonds is 16. The number of hydrogen-bond acceptors (Lipinski definition) is 8. The number of amides is 5. The SMILES string of the molecule is C#CCCC(NC(=O)[C@@H]1C(C(C)C)CCN1C(=O)[C@@H](NC(=O)[C@@H](NC(=O)c1cnccn1)C1(C)CCCCC1)C1(C)CCCCC1)C(=O)C(=O)NCC=C. The Morgan fingerprint density at radius 2 is 1.57 bits per heavy atom. The zero-order valence-electron chi connectivity index (χ0n) is 32.5. The first-order chi connectivity index (χ1) is 25.8. The maximum atomic E-state index is 15.1. The molecule has 2 aliphatic carbocycles. The molecular weight excluding hydrogens is 686 g/mol. The fraction of sp³-hybridized carbons (Fsp3) is 0.659. The molecule has 0 bridgehead atoms. The first-order valence-corrected chi connectivity index (χ1v) is 19.6. The van der Waals surface area contributed by atoms with Crippen molar-refractivity contribution in [3.8, 4) is 12.3 Å². The van der Waals surface area contributed by atoms with Crippen molar-refractivity contribution in [2.24, 2.45) is 22.7 Å². The Morgan fingerprint density at radius 3 is 2.13 bits per heavy atom. The molecule has 0 spiro atoms. The van der Waals surface area contributed by atoms with Crippen LogP contribution in [0.15, 0.2) is 31.2 Å². The van der Waals surface area contributed by atoms with E-state index < -0.39 is 64.4 Å². The van der Waals surface area contributed by atoms with Crippen molar-refractivity contribution in [3.05, 3.63) is 36.9 Å². The molecule has 5 atom stereocenters. The van der Waals surface area contributed by atoms with Gasteiger partial charge in [0.1, 0.15) is 23.8 Å². The summed E-state index contributed by atoms with van der Waals surface area (Å²) < 4.78 is 0. The summed E-state index contributed by atoms with van der Waals surface area (Å²) in [5.74, 6) is -1.37. The average Bonchev–Trinajstić information content (AvgIpc) is 3.63. The summed E-state index contributed by atoms with van der Waals surface area (Å²) in [6, 6.07) is -4.08. The van der Waals surface area contributed by atoms with Gasteiger partial charge < -0.3 is 26.2 Å². The van der Waals surface area contributed by atoms with E-state index in [9.17, 15) is 24.0 Å². The maximum absolute atomic E-state index is 15.1. The Labute approximate surface area is 320 Å². The van der Waals surface area contributed by atoms with Crippen LogP contribution in [0.25, 0.3) is 0 Å². The largest absolute Gasteiger partial charge is 0.346 e. The summed E-state index contributed by atoms with van der Waals surface area (Å²) >= 11 is 0. The van der Waals surface area contributed by atoms with E-state index in [2.05, 4.69) is 43.7 Å². The van der Waals surface area contributed by atoms with Crippen molar-refractivity contribution < 1.29 is 28.8 Å². The van der Waals surface area contributed by atoms with Gasteiger partial charge in [-0.25, -0.2) is 4.98 Å². The summed E-state index contributed by atoms with van der Waals surface area (Å²) in [7, 11) is 0. The highest BCUT2D eigenvalue weighted by Crippen LogP contribution is 2.43. The van der Waals surface area contributed by atoms with Crippen LogP contribution in [0.2, 0.25) is 0 Å². The van der Waals surface area contributed by atoms with Gasteiger partial charge in [0.15, 0.2) is 0 Å². The molecule has 2 saturated carbocycles. The van der Waals surface area contributed by atoms with Crippen molar-refractivity contribution in [2.75, 3.05) is 13.1 Å². The van der Waals surface area contributed by atoms with Gasteiger partial charge in [0.2, 0.25) is 23.5 Å². The Morgan fingerprint density at radius 1 is 0.944 bits per heavy atom. The molecule has 3 aliphatic rings. The van der Waals surface area contributed by atoms with E-state index >= 15 is 4.79 Å². The molecule has 54 heavy (non-hydrogen) atoms. The number of nitrogens with one attached hydrogen (secondary N) is 4. The Balaban J connectivity index is 1.67. The van der Waals surface area contributed by atoms with E-state index in [1.54, 1.807) is 4.90 Å². The fourth-order valence-corrected chi connectivity index (χ4v) is 8.66. The van der Waals surface area contributed by atoms with Crippen LogP contribution in [0.3, 0.4) is 0 Å². The average molecular weight is 746 g/mol. The molecule has 1 saturated heterocycles. The summed E-state index contributed by atoms with van der Waals surface area (Å²) in [6.07, 6.45) is 20.4. The minimum absolute atomic E-state index is 0.000428. The number of carbonyl (C=O) groups is 6. The van der Waals surface area contributed by atoms with E-state index in [0.29, 0.717) is 19.3 Å². The molecule has 2 heterocycles. The predicted molar refractivity (Wildman–Crippen MR) is 204 cm³/mol. The number of carbonyl (C=O) groups excluding carboxylic acids is 6. The molecule has 294 valence electrons. The topological polar surface area (TPSA) is 180 Å². The minimum atomic E-state index is -1.19. The van der Waals surface area contributed by atoms with Crippen LogP contribution in [-0.2, 0) is 24.0 Å².